The number of anilines is 4. The molecule has 2 heterocycles. The van der Waals surface area contributed by atoms with Crippen LogP contribution in [0.25, 0.3) is 42.4 Å². The summed E-state index contributed by atoms with van der Waals surface area (Å²) in [5.41, 5.74) is 10.8. The van der Waals surface area contributed by atoms with Crippen molar-refractivity contribution in [2.24, 2.45) is 0 Å². The maximum Gasteiger partial charge on any atom is 0.103 e. The van der Waals surface area contributed by atoms with Crippen LogP contribution in [0.3, 0.4) is 0 Å². The highest BCUT2D eigenvalue weighted by molar-refractivity contribution is 8.00. The second-order valence-corrected chi connectivity index (χ2v) is 14.0. The highest BCUT2D eigenvalue weighted by Gasteiger charge is 2.25. The van der Waals surface area contributed by atoms with Gasteiger partial charge in [0.1, 0.15) is 5.37 Å². The lowest BCUT2D eigenvalue weighted by Crippen LogP contribution is -2.10. The molecule has 4 heteroatoms. The minimum atomic E-state index is 0.234. The van der Waals surface area contributed by atoms with Gasteiger partial charge in [-0.25, -0.2) is 0 Å². The minimum absolute atomic E-state index is 0.234. The predicted octanol–water partition coefficient (Wildman–Crippen LogP) is 13.1. The van der Waals surface area contributed by atoms with Crippen molar-refractivity contribution in [1.82, 2.24) is 0 Å². The van der Waals surface area contributed by atoms with Gasteiger partial charge in [-0.3, -0.25) is 0 Å². The fourth-order valence-electron chi connectivity index (χ4n) is 6.57. The van der Waals surface area contributed by atoms with Gasteiger partial charge in [0, 0.05) is 31.7 Å². The Labute approximate surface area is 283 Å². The maximum absolute atomic E-state index is 3.77. The van der Waals surface area contributed by atoms with Crippen LogP contribution in [0.5, 0.6) is 0 Å². The lowest BCUT2D eigenvalue weighted by Gasteiger charge is -2.26. The first-order chi connectivity index (χ1) is 23.3. The van der Waals surface area contributed by atoms with Crippen LogP contribution in [0.1, 0.15) is 10.9 Å². The molecule has 9 rings (SSSR count). The van der Waals surface area contributed by atoms with Gasteiger partial charge in [-0.1, -0.05) is 139 Å². The van der Waals surface area contributed by atoms with E-state index >= 15 is 0 Å². The van der Waals surface area contributed by atoms with E-state index in [1.807, 2.05) is 23.1 Å². The lowest BCUT2D eigenvalue weighted by molar-refractivity contribution is 1.14. The molecule has 8 aromatic rings. The van der Waals surface area contributed by atoms with Crippen molar-refractivity contribution in [3.8, 4) is 22.3 Å². The average Bonchev–Trinajstić information content (AvgIpc) is 3.73. The number of hydrogen-bond acceptors (Lipinski definition) is 4. The molecule has 1 aromatic heterocycles. The van der Waals surface area contributed by atoms with Gasteiger partial charge in [0.15, 0.2) is 0 Å². The molecule has 0 saturated carbocycles. The van der Waals surface area contributed by atoms with Crippen molar-refractivity contribution in [3.63, 3.8) is 0 Å². The van der Waals surface area contributed by atoms with Crippen molar-refractivity contribution in [3.05, 3.63) is 175 Å². The summed E-state index contributed by atoms with van der Waals surface area (Å²) in [5.74, 6) is 0. The molecule has 1 unspecified atom stereocenters. The van der Waals surface area contributed by atoms with E-state index < -0.39 is 0 Å². The van der Waals surface area contributed by atoms with Crippen molar-refractivity contribution in [2.75, 3.05) is 10.2 Å². The Bertz CT molecular complexity index is 2250. The Morgan fingerprint density at radius 1 is 0.489 bits per heavy atom. The second-order valence-electron chi connectivity index (χ2n) is 11.8. The zero-order valence-corrected chi connectivity index (χ0v) is 27.1. The third-order valence-corrected chi connectivity index (χ3v) is 11.3. The van der Waals surface area contributed by atoms with E-state index in [0.29, 0.717) is 0 Å². The van der Waals surface area contributed by atoms with E-state index in [4.69, 9.17) is 0 Å². The summed E-state index contributed by atoms with van der Waals surface area (Å²) in [5, 5.41) is 6.61. The Hall–Kier alpha value is -5.29. The third kappa shape index (κ3) is 5.16. The van der Waals surface area contributed by atoms with Gasteiger partial charge >= 0.3 is 0 Å². The summed E-state index contributed by atoms with van der Waals surface area (Å²) >= 11 is 3.78. The van der Waals surface area contributed by atoms with Gasteiger partial charge in [0.05, 0.1) is 16.1 Å². The molecule has 2 nitrogen and oxygen atoms in total. The fourth-order valence-corrected chi connectivity index (χ4v) is 8.96. The van der Waals surface area contributed by atoms with Crippen LogP contribution in [-0.4, -0.2) is 0 Å². The van der Waals surface area contributed by atoms with Gasteiger partial charge in [-0.05, 0) is 70.3 Å². The molecule has 224 valence electrons. The molecule has 0 radical (unpaired) electrons. The first-order valence-electron chi connectivity index (χ1n) is 15.9. The van der Waals surface area contributed by atoms with E-state index in [2.05, 4.69) is 180 Å². The number of fused-ring (bicyclic) bond motifs is 4. The van der Waals surface area contributed by atoms with Gasteiger partial charge < -0.3 is 10.2 Å². The Balaban J connectivity index is 1.15. The van der Waals surface area contributed by atoms with E-state index in [-0.39, 0.29) is 5.37 Å². The fraction of sp³-hybridized carbons (Fsp3) is 0.0233. The molecule has 1 aliphatic heterocycles. The maximum atomic E-state index is 3.77. The van der Waals surface area contributed by atoms with Crippen molar-refractivity contribution in [2.45, 2.75) is 10.3 Å². The number of thioether (sulfide) groups is 1. The Morgan fingerprint density at radius 3 is 1.64 bits per heavy atom. The standard InChI is InChI=1S/C43H30N2S2/c1-4-11-29(12-5-1)31-19-23-34(24-20-31)45(35-25-21-32(22-26-35)30-13-6-2-7-14-30)39-18-10-17-36-37-27-41-38(28-40(37)46-42(36)39)44-43(47-41)33-15-8-3-9-16-33/h1-28,43-44H. The summed E-state index contributed by atoms with van der Waals surface area (Å²) in [7, 11) is 0. The molecule has 0 aliphatic carbocycles. The quantitative estimate of drug-likeness (QED) is 0.195. The van der Waals surface area contributed by atoms with Gasteiger partial charge in [0.2, 0.25) is 0 Å². The molecule has 0 amide bonds. The van der Waals surface area contributed by atoms with Crippen LogP contribution >= 0.6 is 23.1 Å². The third-order valence-electron chi connectivity index (χ3n) is 8.92. The molecule has 0 spiro atoms. The summed E-state index contributed by atoms with van der Waals surface area (Å²) in [4.78, 5) is 3.72. The van der Waals surface area contributed by atoms with Gasteiger partial charge in [-0.2, -0.15) is 0 Å². The van der Waals surface area contributed by atoms with Crippen LogP contribution in [0, 0.1) is 0 Å². The molecule has 0 fully saturated rings. The number of hydrogen-bond donors (Lipinski definition) is 1. The number of thiophene rings is 1. The summed E-state index contributed by atoms with van der Waals surface area (Å²) < 4.78 is 2.59. The highest BCUT2D eigenvalue weighted by atomic mass is 32.2. The van der Waals surface area contributed by atoms with Gasteiger partial charge in [0.25, 0.3) is 0 Å². The first kappa shape index (κ1) is 28.0. The molecular weight excluding hydrogens is 609 g/mol. The lowest BCUT2D eigenvalue weighted by atomic mass is 10.0. The summed E-state index contributed by atoms with van der Waals surface area (Å²) in [6, 6.07) is 61.3. The zero-order valence-electron chi connectivity index (χ0n) is 25.5. The van der Waals surface area contributed by atoms with E-state index in [0.717, 1.165) is 11.4 Å². The first-order valence-corrected chi connectivity index (χ1v) is 17.6. The topological polar surface area (TPSA) is 15.3 Å². The number of nitrogens with zero attached hydrogens (tertiary/aromatic N) is 1. The van der Waals surface area contributed by atoms with Crippen LogP contribution in [0.4, 0.5) is 22.7 Å². The molecule has 1 N–H and O–H groups in total. The van der Waals surface area contributed by atoms with E-state index in [1.54, 1.807) is 0 Å². The predicted molar refractivity (Wildman–Crippen MR) is 204 cm³/mol. The number of benzene rings is 7. The summed E-state index contributed by atoms with van der Waals surface area (Å²) in [6.45, 7) is 0. The molecule has 1 aliphatic rings. The minimum Gasteiger partial charge on any atom is -0.368 e. The molecule has 1 atom stereocenters. The van der Waals surface area contributed by atoms with Crippen LogP contribution in [-0.2, 0) is 0 Å². The number of rotatable bonds is 6. The second kappa shape index (κ2) is 11.8. The molecular formula is C43H30N2S2. The zero-order chi connectivity index (χ0) is 31.2. The Kier molecular flexibility index (Phi) is 7.03. The monoisotopic (exact) mass is 638 g/mol. The molecule has 7 aromatic carbocycles. The van der Waals surface area contributed by atoms with Crippen LogP contribution in [0.2, 0.25) is 0 Å². The van der Waals surface area contributed by atoms with Gasteiger partial charge in [-0.15, -0.1) is 11.3 Å². The van der Waals surface area contributed by atoms with E-state index in [1.165, 1.54) is 64.3 Å². The normalized spacial score (nSPS) is 13.8. The van der Waals surface area contributed by atoms with Crippen LogP contribution in [0.15, 0.2) is 175 Å². The average molecular weight is 639 g/mol. The van der Waals surface area contributed by atoms with Crippen molar-refractivity contribution < 1.29 is 0 Å². The molecule has 0 saturated heterocycles. The van der Waals surface area contributed by atoms with Crippen LogP contribution < -0.4 is 10.2 Å². The largest absolute Gasteiger partial charge is 0.368 e. The summed E-state index contributed by atoms with van der Waals surface area (Å²) in [6.07, 6.45) is 0. The molecule has 0 bridgehead atoms. The van der Waals surface area contributed by atoms with Crippen molar-refractivity contribution >= 4 is 66.0 Å². The smallest absolute Gasteiger partial charge is 0.103 e. The van der Waals surface area contributed by atoms with Crippen molar-refractivity contribution in [1.29, 1.82) is 0 Å². The highest BCUT2D eigenvalue weighted by Crippen LogP contribution is 2.51. The number of nitrogens with one attached hydrogen (secondary N) is 1. The Morgan fingerprint density at radius 2 is 1.04 bits per heavy atom. The SMILES string of the molecule is c1ccc(-c2ccc(N(c3ccc(-c4ccccc4)cc3)c3cccc4c3sc3cc5c(cc34)SC(c3ccccc3)N5)cc2)cc1. The molecule has 47 heavy (non-hydrogen) atoms. The van der Waals surface area contributed by atoms with E-state index in [9.17, 15) is 0 Å².